The zero-order valence-electron chi connectivity index (χ0n) is 15.4. The second-order valence-corrected chi connectivity index (χ2v) is 8.05. The van der Waals surface area contributed by atoms with Crippen LogP contribution in [-0.2, 0) is 9.59 Å². The molecule has 0 radical (unpaired) electrons. The van der Waals surface area contributed by atoms with Crippen LogP contribution in [-0.4, -0.2) is 49.4 Å². The Hall–Kier alpha value is -2.24. The molecule has 2 aromatic rings. The zero-order chi connectivity index (χ0) is 19.7. The first-order valence-corrected chi connectivity index (χ1v) is 10.1. The number of carbonyl (C=O) groups is 2. The Bertz CT molecular complexity index is 879. The third-order valence-corrected chi connectivity index (χ3v) is 5.86. The molecule has 0 saturated carbocycles. The summed E-state index contributed by atoms with van der Waals surface area (Å²) in [5.74, 6) is -0.241. The average Bonchev–Trinajstić information content (AvgIpc) is 3.10. The van der Waals surface area contributed by atoms with Crippen LogP contribution in [0.25, 0.3) is 0 Å². The molecule has 28 heavy (non-hydrogen) atoms. The number of amides is 2. The summed E-state index contributed by atoms with van der Waals surface area (Å²) in [6.45, 7) is 3.24. The van der Waals surface area contributed by atoms with Gasteiger partial charge < -0.3 is 14.7 Å². The van der Waals surface area contributed by atoms with Gasteiger partial charge in [0, 0.05) is 60.6 Å². The van der Waals surface area contributed by atoms with Gasteiger partial charge in [0.2, 0.25) is 11.8 Å². The van der Waals surface area contributed by atoms with Crippen LogP contribution in [0.5, 0.6) is 0 Å². The summed E-state index contributed by atoms with van der Waals surface area (Å²) in [6.07, 6.45) is 0.260. The number of halogens is 2. The molecule has 2 aromatic carbocycles. The van der Waals surface area contributed by atoms with Crippen molar-refractivity contribution in [3.05, 3.63) is 58.6 Å². The topological polar surface area (TPSA) is 43.9 Å². The van der Waals surface area contributed by atoms with Crippen molar-refractivity contribution in [1.29, 1.82) is 0 Å². The van der Waals surface area contributed by atoms with E-state index in [0.717, 1.165) is 24.5 Å². The standard InChI is InChI=1S/C21H21Cl2N3O2/c22-16-4-6-18(7-5-16)26-14-15(12-20(26)27)21(28)25-10-8-24(9-11-25)19-3-1-2-17(23)13-19/h1-7,13,15H,8-12,14H2/t15-/m1/s1. The van der Waals surface area contributed by atoms with Crippen molar-refractivity contribution < 1.29 is 9.59 Å². The lowest BCUT2D eigenvalue weighted by Crippen LogP contribution is -2.50. The molecule has 2 saturated heterocycles. The molecule has 0 unspecified atom stereocenters. The summed E-state index contributed by atoms with van der Waals surface area (Å²) in [5.41, 5.74) is 1.86. The number of rotatable bonds is 3. The Morgan fingerprint density at radius 2 is 1.61 bits per heavy atom. The second kappa shape index (κ2) is 8.02. The lowest BCUT2D eigenvalue weighted by molar-refractivity contribution is -0.136. The van der Waals surface area contributed by atoms with E-state index < -0.39 is 0 Å². The molecule has 2 aliphatic heterocycles. The summed E-state index contributed by atoms with van der Waals surface area (Å²) in [7, 11) is 0. The molecule has 4 rings (SSSR count). The first-order valence-electron chi connectivity index (χ1n) is 9.36. The second-order valence-electron chi connectivity index (χ2n) is 7.17. The van der Waals surface area contributed by atoms with Crippen LogP contribution < -0.4 is 9.80 Å². The van der Waals surface area contributed by atoms with Crippen LogP contribution in [0.2, 0.25) is 10.0 Å². The molecule has 5 nitrogen and oxygen atoms in total. The Morgan fingerprint density at radius 3 is 2.29 bits per heavy atom. The fraction of sp³-hybridized carbons (Fsp3) is 0.333. The van der Waals surface area contributed by atoms with E-state index >= 15 is 0 Å². The molecule has 1 atom stereocenters. The van der Waals surface area contributed by atoms with Crippen molar-refractivity contribution in [2.45, 2.75) is 6.42 Å². The minimum absolute atomic E-state index is 0.0155. The van der Waals surface area contributed by atoms with Gasteiger partial charge in [0.15, 0.2) is 0 Å². The van der Waals surface area contributed by atoms with E-state index in [1.54, 1.807) is 17.0 Å². The number of anilines is 2. The monoisotopic (exact) mass is 417 g/mol. The van der Waals surface area contributed by atoms with Gasteiger partial charge in [0.05, 0.1) is 5.92 Å². The number of carbonyl (C=O) groups excluding carboxylic acids is 2. The maximum Gasteiger partial charge on any atom is 0.228 e. The maximum absolute atomic E-state index is 13.0. The highest BCUT2D eigenvalue weighted by atomic mass is 35.5. The molecular formula is C21H21Cl2N3O2. The first-order chi connectivity index (χ1) is 13.5. The highest BCUT2D eigenvalue weighted by molar-refractivity contribution is 6.31. The van der Waals surface area contributed by atoms with Crippen molar-refractivity contribution in [2.75, 3.05) is 42.5 Å². The lowest BCUT2D eigenvalue weighted by Gasteiger charge is -2.37. The Balaban J connectivity index is 1.36. The molecule has 2 amide bonds. The van der Waals surface area contributed by atoms with E-state index in [9.17, 15) is 9.59 Å². The van der Waals surface area contributed by atoms with E-state index in [1.807, 2.05) is 41.3 Å². The molecular weight excluding hydrogens is 397 g/mol. The SMILES string of the molecule is O=C([C@@H]1CC(=O)N(c2ccc(Cl)cc2)C1)N1CCN(c2cccc(Cl)c2)CC1. The third kappa shape index (κ3) is 3.96. The van der Waals surface area contributed by atoms with Crippen LogP contribution in [0, 0.1) is 5.92 Å². The molecule has 0 N–H and O–H groups in total. The molecule has 0 bridgehead atoms. The minimum atomic E-state index is -0.291. The van der Waals surface area contributed by atoms with E-state index in [4.69, 9.17) is 23.2 Å². The molecule has 2 heterocycles. The Labute approximate surface area is 174 Å². The van der Waals surface area contributed by atoms with E-state index in [-0.39, 0.29) is 24.2 Å². The molecule has 2 aliphatic rings. The van der Waals surface area contributed by atoms with Gasteiger partial charge in [-0.25, -0.2) is 0 Å². The summed E-state index contributed by atoms with van der Waals surface area (Å²) in [6, 6.07) is 14.9. The fourth-order valence-corrected chi connectivity index (χ4v) is 4.17. The van der Waals surface area contributed by atoms with E-state index in [0.29, 0.717) is 29.7 Å². The van der Waals surface area contributed by atoms with Gasteiger partial charge in [-0.1, -0.05) is 29.3 Å². The largest absolute Gasteiger partial charge is 0.368 e. The third-order valence-electron chi connectivity index (χ3n) is 5.38. The quantitative estimate of drug-likeness (QED) is 0.764. The van der Waals surface area contributed by atoms with Gasteiger partial charge in [-0.2, -0.15) is 0 Å². The van der Waals surface area contributed by atoms with Gasteiger partial charge >= 0.3 is 0 Å². The number of hydrogen-bond donors (Lipinski definition) is 0. The lowest BCUT2D eigenvalue weighted by atomic mass is 10.1. The van der Waals surface area contributed by atoms with Crippen molar-refractivity contribution >= 4 is 46.4 Å². The average molecular weight is 418 g/mol. The zero-order valence-corrected chi connectivity index (χ0v) is 16.9. The van der Waals surface area contributed by atoms with Gasteiger partial charge in [0.1, 0.15) is 0 Å². The predicted molar refractivity (Wildman–Crippen MR) is 112 cm³/mol. The number of benzene rings is 2. The highest BCUT2D eigenvalue weighted by Gasteiger charge is 2.37. The van der Waals surface area contributed by atoms with Crippen molar-refractivity contribution in [1.82, 2.24) is 4.90 Å². The van der Waals surface area contributed by atoms with E-state index in [2.05, 4.69) is 4.90 Å². The molecule has 0 spiro atoms. The van der Waals surface area contributed by atoms with Crippen LogP contribution in [0.15, 0.2) is 48.5 Å². The summed E-state index contributed by atoms with van der Waals surface area (Å²) in [5, 5.41) is 1.34. The van der Waals surface area contributed by atoms with Crippen LogP contribution in [0.1, 0.15) is 6.42 Å². The molecule has 0 aromatic heterocycles. The predicted octanol–water partition coefficient (Wildman–Crippen LogP) is 3.70. The fourth-order valence-electron chi connectivity index (χ4n) is 3.86. The highest BCUT2D eigenvalue weighted by Crippen LogP contribution is 2.28. The molecule has 146 valence electrons. The first kappa shape index (κ1) is 19.1. The Morgan fingerprint density at radius 1 is 0.893 bits per heavy atom. The van der Waals surface area contributed by atoms with Crippen molar-refractivity contribution in [3.8, 4) is 0 Å². The van der Waals surface area contributed by atoms with Gasteiger partial charge in [0.25, 0.3) is 0 Å². The normalized spacial score (nSPS) is 20.0. The van der Waals surface area contributed by atoms with Crippen molar-refractivity contribution in [2.24, 2.45) is 5.92 Å². The van der Waals surface area contributed by atoms with E-state index in [1.165, 1.54) is 0 Å². The minimum Gasteiger partial charge on any atom is -0.368 e. The number of hydrogen-bond acceptors (Lipinski definition) is 3. The van der Waals surface area contributed by atoms with Gasteiger partial charge in [-0.15, -0.1) is 0 Å². The summed E-state index contributed by atoms with van der Waals surface area (Å²) < 4.78 is 0. The summed E-state index contributed by atoms with van der Waals surface area (Å²) in [4.78, 5) is 31.2. The van der Waals surface area contributed by atoms with Crippen LogP contribution >= 0.6 is 23.2 Å². The molecule has 7 heteroatoms. The van der Waals surface area contributed by atoms with Crippen LogP contribution in [0.3, 0.4) is 0 Å². The maximum atomic E-state index is 13.0. The summed E-state index contributed by atoms with van der Waals surface area (Å²) >= 11 is 12.0. The smallest absolute Gasteiger partial charge is 0.228 e. The Kier molecular flexibility index (Phi) is 5.47. The van der Waals surface area contributed by atoms with Gasteiger partial charge in [-0.05, 0) is 42.5 Å². The van der Waals surface area contributed by atoms with Crippen molar-refractivity contribution in [3.63, 3.8) is 0 Å². The van der Waals surface area contributed by atoms with Crippen LogP contribution in [0.4, 0.5) is 11.4 Å². The number of piperazine rings is 1. The van der Waals surface area contributed by atoms with Gasteiger partial charge in [-0.3, -0.25) is 9.59 Å². The molecule has 2 fully saturated rings. The molecule has 0 aliphatic carbocycles. The number of nitrogens with zero attached hydrogens (tertiary/aromatic N) is 3.